The molecule has 0 radical (unpaired) electrons. The molecule has 1 unspecified atom stereocenters. The molecule has 2 N–H and O–H groups in total. The Balaban J connectivity index is 1.89. The number of pyridine rings is 1. The quantitative estimate of drug-likeness (QED) is 0.652. The first kappa shape index (κ1) is 18.6. The number of carbonyl (C=O) groups is 1. The van der Waals surface area contributed by atoms with Crippen molar-refractivity contribution in [2.45, 2.75) is 11.8 Å². The van der Waals surface area contributed by atoms with E-state index in [2.05, 4.69) is 19.5 Å². The molecule has 3 rings (SSSR count). The molecule has 3 aromatic rings. The van der Waals surface area contributed by atoms with Crippen LogP contribution in [0.3, 0.4) is 0 Å². The van der Waals surface area contributed by atoms with Gasteiger partial charge in [0.2, 0.25) is 0 Å². The van der Waals surface area contributed by atoms with Gasteiger partial charge in [-0.15, -0.1) is 9.24 Å². The zero-order valence-corrected chi connectivity index (χ0v) is 16.4. The summed E-state index contributed by atoms with van der Waals surface area (Å²) in [4.78, 5) is 16.2. The summed E-state index contributed by atoms with van der Waals surface area (Å²) in [6.07, 6.45) is 3.06. The van der Waals surface area contributed by atoms with Crippen LogP contribution in [-0.4, -0.2) is 19.4 Å². The standard InChI is InChI=1S/C17H15ClN3O3PS/c1-10-7-12(18)8-14(25)16(10)20-17(22)21-26(23,24)15-4-2-3-11-9-19-6-5-13(11)15/h2-9H,25H2,1H3,(H2,20,21,22). The number of sulfonamides is 1. The smallest absolute Gasteiger partial charge is 0.306 e. The molecule has 0 saturated carbocycles. The Hall–Kier alpha value is -2.21. The van der Waals surface area contributed by atoms with Gasteiger partial charge in [-0.2, -0.15) is 0 Å². The molecule has 26 heavy (non-hydrogen) atoms. The second-order valence-corrected chi connectivity index (χ2v) is 8.31. The van der Waals surface area contributed by atoms with Crippen molar-refractivity contribution in [1.29, 1.82) is 0 Å². The van der Waals surface area contributed by atoms with Crippen LogP contribution < -0.4 is 15.3 Å². The van der Waals surface area contributed by atoms with Crippen molar-refractivity contribution in [1.82, 2.24) is 9.71 Å². The average molecular weight is 408 g/mol. The Morgan fingerprint density at radius 2 is 2.00 bits per heavy atom. The molecule has 0 aliphatic heterocycles. The predicted octanol–water partition coefficient (Wildman–Crippen LogP) is 3.21. The van der Waals surface area contributed by atoms with E-state index >= 15 is 0 Å². The third-order valence-corrected chi connectivity index (χ3v) is 5.79. The van der Waals surface area contributed by atoms with Gasteiger partial charge in [-0.25, -0.2) is 17.9 Å². The number of aromatic nitrogens is 1. The fourth-order valence-electron chi connectivity index (χ4n) is 2.58. The van der Waals surface area contributed by atoms with Gasteiger partial charge in [-0.1, -0.05) is 23.7 Å². The van der Waals surface area contributed by atoms with Gasteiger partial charge in [0.15, 0.2) is 0 Å². The maximum atomic E-state index is 12.7. The largest absolute Gasteiger partial charge is 0.333 e. The fraction of sp³-hybridized carbons (Fsp3) is 0.0588. The van der Waals surface area contributed by atoms with Crippen LogP contribution in [0.2, 0.25) is 5.02 Å². The van der Waals surface area contributed by atoms with Gasteiger partial charge in [0.1, 0.15) is 0 Å². The highest BCUT2D eigenvalue weighted by molar-refractivity contribution is 7.90. The number of rotatable bonds is 3. The summed E-state index contributed by atoms with van der Waals surface area (Å²) in [5, 5.41) is 4.88. The van der Waals surface area contributed by atoms with Crippen LogP contribution in [-0.2, 0) is 10.0 Å². The molecule has 9 heteroatoms. The summed E-state index contributed by atoms with van der Waals surface area (Å²) in [7, 11) is -1.61. The second-order valence-electron chi connectivity index (χ2n) is 5.60. The van der Waals surface area contributed by atoms with Crippen molar-refractivity contribution in [2.24, 2.45) is 0 Å². The number of nitrogens with one attached hydrogen (secondary N) is 2. The molecule has 1 atom stereocenters. The number of anilines is 1. The lowest BCUT2D eigenvalue weighted by Crippen LogP contribution is -2.35. The molecule has 0 aliphatic carbocycles. The lowest BCUT2D eigenvalue weighted by molar-refractivity contribution is 0.256. The highest BCUT2D eigenvalue weighted by Crippen LogP contribution is 2.23. The highest BCUT2D eigenvalue weighted by Gasteiger charge is 2.21. The number of carbonyl (C=O) groups excluding carboxylic acids is 1. The van der Waals surface area contributed by atoms with Crippen molar-refractivity contribution in [3.8, 4) is 0 Å². The first-order valence-electron chi connectivity index (χ1n) is 7.50. The van der Waals surface area contributed by atoms with Gasteiger partial charge in [-0.3, -0.25) is 4.98 Å². The minimum atomic E-state index is -4.06. The van der Waals surface area contributed by atoms with Crippen LogP contribution in [0.15, 0.2) is 53.7 Å². The average Bonchev–Trinajstić information content (AvgIpc) is 2.57. The number of halogens is 1. The molecule has 0 bridgehead atoms. The van der Waals surface area contributed by atoms with E-state index in [0.717, 1.165) is 0 Å². The molecule has 1 heterocycles. The first-order chi connectivity index (χ1) is 12.3. The van der Waals surface area contributed by atoms with Crippen molar-refractivity contribution in [3.63, 3.8) is 0 Å². The van der Waals surface area contributed by atoms with E-state index in [1.54, 1.807) is 43.5 Å². The molecule has 2 aromatic carbocycles. The Kier molecular flexibility index (Phi) is 5.14. The number of hydrogen-bond donors (Lipinski definition) is 2. The third kappa shape index (κ3) is 3.80. The zero-order valence-electron chi connectivity index (χ0n) is 13.7. The summed E-state index contributed by atoms with van der Waals surface area (Å²) in [5.74, 6) is 0. The van der Waals surface area contributed by atoms with E-state index in [4.69, 9.17) is 11.6 Å². The SMILES string of the molecule is Cc1cc(Cl)cc(P)c1NC(=O)NS(=O)(=O)c1cccc2cnccc12. The van der Waals surface area contributed by atoms with E-state index < -0.39 is 16.1 Å². The normalized spacial score (nSPS) is 11.3. The van der Waals surface area contributed by atoms with Gasteiger partial charge < -0.3 is 5.32 Å². The Morgan fingerprint density at radius 3 is 2.73 bits per heavy atom. The van der Waals surface area contributed by atoms with Gasteiger partial charge in [0.25, 0.3) is 10.0 Å². The van der Waals surface area contributed by atoms with Gasteiger partial charge in [0, 0.05) is 28.2 Å². The Bertz CT molecular complexity index is 1090. The molecule has 2 amide bonds. The summed E-state index contributed by atoms with van der Waals surface area (Å²) in [6.45, 7) is 1.77. The van der Waals surface area contributed by atoms with Gasteiger partial charge in [-0.05, 0) is 42.1 Å². The number of fused-ring (bicyclic) bond motifs is 1. The summed E-state index contributed by atoms with van der Waals surface area (Å²) in [5.41, 5.74) is 1.19. The van der Waals surface area contributed by atoms with E-state index in [-0.39, 0.29) is 4.90 Å². The summed E-state index contributed by atoms with van der Waals surface area (Å²) < 4.78 is 27.3. The Labute approximate surface area is 158 Å². The molecule has 0 saturated heterocycles. The molecule has 0 spiro atoms. The molecule has 6 nitrogen and oxygen atoms in total. The van der Waals surface area contributed by atoms with E-state index in [1.807, 2.05) is 4.72 Å². The monoisotopic (exact) mass is 407 g/mol. The van der Waals surface area contributed by atoms with Crippen LogP contribution in [0.5, 0.6) is 0 Å². The minimum absolute atomic E-state index is 0.00600. The lowest BCUT2D eigenvalue weighted by Gasteiger charge is -2.14. The predicted molar refractivity (Wildman–Crippen MR) is 107 cm³/mol. The maximum Gasteiger partial charge on any atom is 0.333 e. The van der Waals surface area contributed by atoms with Crippen molar-refractivity contribution < 1.29 is 13.2 Å². The van der Waals surface area contributed by atoms with E-state index in [0.29, 0.717) is 32.4 Å². The lowest BCUT2D eigenvalue weighted by atomic mass is 10.2. The zero-order chi connectivity index (χ0) is 18.9. The van der Waals surface area contributed by atoms with Crippen molar-refractivity contribution in [3.05, 3.63) is 59.4 Å². The van der Waals surface area contributed by atoms with E-state index in [1.165, 1.54) is 12.3 Å². The topological polar surface area (TPSA) is 88.2 Å². The summed E-state index contributed by atoms with van der Waals surface area (Å²) >= 11 is 5.96. The van der Waals surface area contributed by atoms with Crippen LogP contribution in [0.4, 0.5) is 10.5 Å². The number of amides is 2. The first-order valence-corrected chi connectivity index (χ1v) is 9.94. The number of urea groups is 1. The van der Waals surface area contributed by atoms with Gasteiger partial charge >= 0.3 is 6.03 Å². The third-order valence-electron chi connectivity index (χ3n) is 3.73. The van der Waals surface area contributed by atoms with Crippen LogP contribution >= 0.6 is 20.8 Å². The van der Waals surface area contributed by atoms with Crippen LogP contribution in [0.25, 0.3) is 10.8 Å². The molecule has 0 fully saturated rings. The molecule has 1 aromatic heterocycles. The van der Waals surface area contributed by atoms with Crippen molar-refractivity contribution in [2.75, 3.05) is 5.32 Å². The number of hydrogen-bond acceptors (Lipinski definition) is 4. The molecular formula is C17H15ClN3O3PS. The number of aryl methyl sites for hydroxylation is 1. The fourth-order valence-corrected chi connectivity index (χ4v) is 4.59. The van der Waals surface area contributed by atoms with Gasteiger partial charge in [0.05, 0.1) is 10.6 Å². The van der Waals surface area contributed by atoms with Crippen LogP contribution in [0, 0.1) is 6.92 Å². The highest BCUT2D eigenvalue weighted by atomic mass is 35.5. The van der Waals surface area contributed by atoms with Crippen molar-refractivity contribution >= 4 is 58.7 Å². The summed E-state index contributed by atoms with van der Waals surface area (Å²) in [6, 6.07) is 8.85. The number of benzene rings is 2. The minimum Gasteiger partial charge on any atom is -0.306 e. The molecule has 0 aliphatic rings. The maximum absolute atomic E-state index is 12.7. The molecule has 134 valence electrons. The Morgan fingerprint density at radius 1 is 1.23 bits per heavy atom. The van der Waals surface area contributed by atoms with E-state index in [9.17, 15) is 13.2 Å². The number of nitrogens with zero attached hydrogens (tertiary/aromatic N) is 1. The molecular weight excluding hydrogens is 393 g/mol. The second kappa shape index (κ2) is 7.19. The van der Waals surface area contributed by atoms with Crippen LogP contribution in [0.1, 0.15) is 5.56 Å².